The molecule has 0 aliphatic carbocycles. The van der Waals surface area contributed by atoms with E-state index in [1.165, 1.54) is 19.2 Å². The third-order valence-electron chi connectivity index (χ3n) is 2.02. The Morgan fingerprint density at radius 3 is 2.87 bits per heavy atom. The van der Waals surface area contributed by atoms with E-state index in [9.17, 15) is 9.18 Å². The highest BCUT2D eigenvalue weighted by Gasteiger charge is 2.16. The van der Waals surface area contributed by atoms with E-state index in [-0.39, 0.29) is 17.7 Å². The fourth-order valence-corrected chi connectivity index (χ4v) is 1.20. The first-order valence-corrected chi connectivity index (χ1v) is 4.36. The number of nitrogens with two attached hydrogens (primary N) is 1. The summed E-state index contributed by atoms with van der Waals surface area (Å²) in [7, 11) is 1.35. The van der Waals surface area contributed by atoms with Gasteiger partial charge < -0.3 is 15.6 Å². The average Bonchev–Trinajstić information content (AvgIpc) is 2.21. The van der Waals surface area contributed by atoms with E-state index in [1.807, 2.05) is 0 Å². The summed E-state index contributed by atoms with van der Waals surface area (Å²) in [5.74, 6) is -1.63. The minimum Gasteiger partial charge on any atom is -0.494 e. The monoisotopic (exact) mass is 213 g/mol. The van der Waals surface area contributed by atoms with Crippen LogP contribution in [0.25, 0.3) is 0 Å². The Morgan fingerprint density at radius 1 is 1.67 bits per heavy atom. The van der Waals surface area contributed by atoms with Gasteiger partial charge in [0.05, 0.1) is 7.11 Å². The highest BCUT2D eigenvalue weighted by molar-refractivity contribution is 5.73. The minimum atomic E-state index is -1.16. The molecule has 0 saturated carbocycles. The third-order valence-corrected chi connectivity index (χ3v) is 2.02. The van der Waals surface area contributed by atoms with E-state index in [4.69, 9.17) is 15.6 Å². The van der Waals surface area contributed by atoms with Gasteiger partial charge in [-0.2, -0.15) is 0 Å². The maximum Gasteiger partial charge on any atom is 0.320 e. The molecule has 0 unspecified atom stereocenters. The van der Waals surface area contributed by atoms with Gasteiger partial charge in [-0.1, -0.05) is 12.1 Å². The number of ether oxygens (including phenoxy) is 1. The molecule has 0 aliphatic rings. The number of hydrogen-bond donors (Lipinski definition) is 2. The van der Waals surface area contributed by atoms with Crippen LogP contribution in [-0.2, 0) is 11.2 Å². The molecule has 0 aromatic heterocycles. The zero-order valence-corrected chi connectivity index (χ0v) is 8.24. The van der Waals surface area contributed by atoms with Gasteiger partial charge in [-0.15, -0.1) is 0 Å². The van der Waals surface area contributed by atoms with E-state index in [0.29, 0.717) is 0 Å². The lowest BCUT2D eigenvalue weighted by Gasteiger charge is -2.09. The molecule has 15 heavy (non-hydrogen) atoms. The van der Waals surface area contributed by atoms with Crippen molar-refractivity contribution in [2.24, 2.45) is 5.73 Å². The van der Waals surface area contributed by atoms with Gasteiger partial charge >= 0.3 is 5.97 Å². The first-order chi connectivity index (χ1) is 7.06. The van der Waals surface area contributed by atoms with E-state index >= 15 is 0 Å². The van der Waals surface area contributed by atoms with Crippen LogP contribution in [0, 0.1) is 5.82 Å². The average molecular weight is 213 g/mol. The summed E-state index contributed by atoms with van der Waals surface area (Å²) in [6, 6.07) is 3.43. The number of carboxylic acid groups (broad SMARTS) is 1. The van der Waals surface area contributed by atoms with Crippen LogP contribution in [0.1, 0.15) is 5.56 Å². The van der Waals surface area contributed by atoms with Crippen molar-refractivity contribution in [3.63, 3.8) is 0 Å². The summed E-state index contributed by atoms with van der Waals surface area (Å²) in [6.07, 6.45) is -0.0572. The molecule has 4 nitrogen and oxygen atoms in total. The van der Waals surface area contributed by atoms with Crippen molar-refractivity contribution < 1.29 is 19.0 Å². The third kappa shape index (κ3) is 2.66. The Balaban J connectivity index is 2.90. The van der Waals surface area contributed by atoms with E-state index < -0.39 is 17.8 Å². The Bertz CT molecular complexity index is 368. The molecule has 0 spiro atoms. The van der Waals surface area contributed by atoms with Gasteiger partial charge in [0.25, 0.3) is 0 Å². The predicted octanol–water partition coefficient (Wildman–Crippen LogP) is 0.789. The first kappa shape index (κ1) is 11.5. The summed E-state index contributed by atoms with van der Waals surface area (Å²) >= 11 is 0. The number of carboxylic acids is 1. The van der Waals surface area contributed by atoms with Crippen LogP contribution >= 0.6 is 0 Å². The molecule has 1 atom stereocenters. The quantitative estimate of drug-likeness (QED) is 0.775. The van der Waals surface area contributed by atoms with E-state index in [1.54, 1.807) is 6.07 Å². The van der Waals surface area contributed by atoms with Crippen LogP contribution in [-0.4, -0.2) is 24.2 Å². The lowest BCUT2D eigenvalue weighted by Crippen LogP contribution is -2.32. The van der Waals surface area contributed by atoms with Gasteiger partial charge in [0, 0.05) is 6.42 Å². The second-order valence-corrected chi connectivity index (χ2v) is 3.08. The largest absolute Gasteiger partial charge is 0.494 e. The number of aliphatic carboxylic acids is 1. The molecule has 1 aromatic rings. The van der Waals surface area contributed by atoms with Crippen molar-refractivity contribution in [2.45, 2.75) is 12.5 Å². The number of rotatable bonds is 4. The zero-order chi connectivity index (χ0) is 11.4. The molecule has 0 heterocycles. The SMILES string of the molecule is COc1cccc(C[C@@H](N)C(=O)O)c1F. The molecule has 5 heteroatoms. The van der Waals surface area contributed by atoms with Gasteiger partial charge in [-0.25, -0.2) is 4.39 Å². The molecule has 0 amide bonds. The minimum absolute atomic E-state index is 0.0572. The van der Waals surface area contributed by atoms with Gasteiger partial charge in [0.1, 0.15) is 6.04 Å². The van der Waals surface area contributed by atoms with Gasteiger partial charge in [-0.3, -0.25) is 4.79 Å². The first-order valence-electron chi connectivity index (χ1n) is 4.36. The van der Waals surface area contributed by atoms with Crippen LogP contribution in [0.2, 0.25) is 0 Å². The number of hydrogen-bond acceptors (Lipinski definition) is 3. The molecular weight excluding hydrogens is 201 g/mol. The van der Waals surface area contributed by atoms with Crippen LogP contribution < -0.4 is 10.5 Å². The number of carbonyl (C=O) groups is 1. The molecule has 82 valence electrons. The molecule has 3 N–H and O–H groups in total. The number of methoxy groups -OCH3 is 1. The van der Waals surface area contributed by atoms with Crippen LogP contribution in [0.3, 0.4) is 0 Å². The Kier molecular flexibility index (Phi) is 3.62. The van der Waals surface area contributed by atoms with Crippen molar-refractivity contribution in [3.05, 3.63) is 29.6 Å². The molecule has 0 bridgehead atoms. The summed E-state index contributed by atoms with van der Waals surface area (Å²) in [4.78, 5) is 10.5. The number of benzene rings is 1. The topological polar surface area (TPSA) is 72.5 Å². The summed E-state index contributed by atoms with van der Waals surface area (Å²) in [5.41, 5.74) is 5.54. The van der Waals surface area contributed by atoms with Crippen molar-refractivity contribution in [1.29, 1.82) is 0 Å². The highest BCUT2D eigenvalue weighted by atomic mass is 19.1. The molecule has 1 aromatic carbocycles. The maximum absolute atomic E-state index is 13.5. The zero-order valence-electron chi connectivity index (χ0n) is 8.24. The van der Waals surface area contributed by atoms with Crippen molar-refractivity contribution in [2.75, 3.05) is 7.11 Å². The Labute approximate surface area is 86.5 Å². The summed E-state index contributed by atoms with van der Waals surface area (Å²) in [6.45, 7) is 0. The van der Waals surface area contributed by atoms with Crippen molar-refractivity contribution >= 4 is 5.97 Å². The molecule has 1 rings (SSSR count). The molecule has 0 fully saturated rings. The fourth-order valence-electron chi connectivity index (χ4n) is 1.20. The lowest BCUT2D eigenvalue weighted by atomic mass is 10.1. The highest BCUT2D eigenvalue weighted by Crippen LogP contribution is 2.20. The van der Waals surface area contributed by atoms with Gasteiger partial charge in [0.2, 0.25) is 0 Å². The molecule has 0 saturated heterocycles. The fraction of sp³-hybridized carbons (Fsp3) is 0.300. The Hall–Kier alpha value is -1.62. The smallest absolute Gasteiger partial charge is 0.320 e. The molecule has 0 radical (unpaired) electrons. The predicted molar refractivity (Wildman–Crippen MR) is 52.3 cm³/mol. The Morgan fingerprint density at radius 2 is 2.33 bits per heavy atom. The second kappa shape index (κ2) is 4.75. The van der Waals surface area contributed by atoms with Crippen LogP contribution in [0.15, 0.2) is 18.2 Å². The standard InChI is InChI=1S/C10H12FNO3/c1-15-8-4-2-3-6(9(8)11)5-7(12)10(13)14/h2-4,7H,5,12H2,1H3,(H,13,14)/t7-/m1/s1. The summed E-state index contributed by atoms with van der Waals surface area (Å²) < 4.78 is 18.3. The second-order valence-electron chi connectivity index (χ2n) is 3.08. The van der Waals surface area contributed by atoms with Crippen molar-refractivity contribution in [3.8, 4) is 5.75 Å². The van der Waals surface area contributed by atoms with E-state index in [2.05, 4.69) is 0 Å². The number of halogens is 1. The van der Waals surface area contributed by atoms with Gasteiger partial charge in [0.15, 0.2) is 11.6 Å². The van der Waals surface area contributed by atoms with E-state index in [0.717, 1.165) is 0 Å². The molecule has 0 aliphatic heterocycles. The van der Waals surface area contributed by atoms with Gasteiger partial charge in [-0.05, 0) is 11.6 Å². The maximum atomic E-state index is 13.5. The lowest BCUT2D eigenvalue weighted by molar-refractivity contribution is -0.138. The van der Waals surface area contributed by atoms with Crippen molar-refractivity contribution in [1.82, 2.24) is 0 Å². The van der Waals surface area contributed by atoms with Crippen LogP contribution in [0.4, 0.5) is 4.39 Å². The summed E-state index contributed by atoms with van der Waals surface area (Å²) in [5, 5.41) is 8.58. The van der Waals surface area contributed by atoms with Crippen LogP contribution in [0.5, 0.6) is 5.75 Å². The normalized spacial score (nSPS) is 12.2. The molecular formula is C10H12FNO3.